The molecule has 0 aromatic heterocycles. The van der Waals surface area contributed by atoms with Crippen LogP contribution in [-0.4, -0.2) is 11.7 Å². The third kappa shape index (κ3) is 15.7. The monoisotopic (exact) mass is 147 g/mol. The van der Waals surface area contributed by atoms with E-state index in [1.807, 2.05) is 0 Å². The van der Waals surface area contributed by atoms with Crippen molar-refractivity contribution < 1.29 is 9.63 Å². The van der Waals surface area contributed by atoms with Gasteiger partial charge in [-0.2, -0.15) is 0 Å². The Kier molecular flexibility index (Phi) is 13.1. The molecule has 0 bridgehead atoms. The van der Waals surface area contributed by atoms with Crippen molar-refractivity contribution in [1.82, 2.24) is 0 Å². The number of nitrogens with zero attached hydrogens (tertiary/aromatic N) is 1. The molecular formula is C7H17NO2. The molecule has 0 atom stereocenters. The van der Waals surface area contributed by atoms with Crippen LogP contribution in [0.4, 0.5) is 0 Å². The number of hydrogen-bond acceptors (Lipinski definition) is 3. The van der Waals surface area contributed by atoms with Gasteiger partial charge < -0.3 is 4.84 Å². The highest BCUT2D eigenvalue weighted by Gasteiger charge is 1.85. The first-order chi connectivity index (χ1) is 3.63. The van der Waals surface area contributed by atoms with Gasteiger partial charge >= 0.3 is 5.97 Å². The van der Waals surface area contributed by atoms with E-state index in [4.69, 9.17) is 0 Å². The van der Waals surface area contributed by atoms with E-state index in [0.717, 1.165) is 5.71 Å². The molecule has 3 nitrogen and oxygen atoms in total. The summed E-state index contributed by atoms with van der Waals surface area (Å²) in [6, 6.07) is 0. The highest BCUT2D eigenvalue weighted by atomic mass is 16.7. The lowest BCUT2D eigenvalue weighted by Gasteiger charge is -1.88. The quantitative estimate of drug-likeness (QED) is 0.324. The minimum atomic E-state index is -0.383. The van der Waals surface area contributed by atoms with Crippen molar-refractivity contribution in [2.45, 2.75) is 35.6 Å². The first kappa shape index (κ1) is 16.1. The Morgan fingerprint density at radius 1 is 1.20 bits per heavy atom. The normalized spacial score (nSPS) is 6.30. The number of oxime groups is 1. The molecule has 0 aromatic rings. The third-order valence-corrected chi connectivity index (χ3v) is 0.357. The van der Waals surface area contributed by atoms with E-state index in [2.05, 4.69) is 9.99 Å². The summed E-state index contributed by atoms with van der Waals surface area (Å²) in [6.45, 7) is 4.82. The third-order valence-electron chi connectivity index (χ3n) is 0.357. The lowest BCUT2D eigenvalue weighted by atomic mass is 10.5. The molecular weight excluding hydrogens is 130 g/mol. The van der Waals surface area contributed by atoms with Crippen molar-refractivity contribution >= 4 is 11.7 Å². The molecule has 62 valence electrons. The van der Waals surface area contributed by atoms with Crippen LogP contribution in [0.3, 0.4) is 0 Å². The van der Waals surface area contributed by atoms with Gasteiger partial charge in [0.25, 0.3) is 0 Å². The first-order valence-electron chi connectivity index (χ1n) is 2.31. The Morgan fingerprint density at radius 2 is 1.60 bits per heavy atom. The van der Waals surface area contributed by atoms with Crippen LogP contribution in [0.15, 0.2) is 5.16 Å². The maximum atomic E-state index is 10.0. The highest BCUT2D eigenvalue weighted by molar-refractivity contribution is 5.79. The fourth-order valence-electron chi connectivity index (χ4n) is 0.156. The standard InChI is InChI=1S/C5H9NO2.2CH4/c1-4(2)6-8-5(3)7;;/h1-3H3;2*1H4. The molecule has 0 amide bonds. The van der Waals surface area contributed by atoms with Crippen molar-refractivity contribution in [2.24, 2.45) is 5.16 Å². The van der Waals surface area contributed by atoms with Crippen LogP contribution < -0.4 is 0 Å². The van der Waals surface area contributed by atoms with Gasteiger partial charge in [0.15, 0.2) is 0 Å². The predicted octanol–water partition coefficient (Wildman–Crippen LogP) is 2.22. The van der Waals surface area contributed by atoms with E-state index in [-0.39, 0.29) is 20.8 Å². The zero-order valence-corrected chi connectivity index (χ0v) is 5.26. The molecule has 10 heavy (non-hydrogen) atoms. The molecule has 0 rings (SSSR count). The summed E-state index contributed by atoms with van der Waals surface area (Å²) in [5.41, 5.74) is 0.736. The molecule has 0 saturated heterocycles. The topological polar surface area (TPSA) is 38.7 Å². The molecule has 0 N–H and O–H groups in total. The van der Waals surface area contributed by atoms with E-state index in [0.29, 0.717) is 0 Å². The van der Waals surface area contributed by atoms with Gasteiger partial charge in [-0.3, -0.25) is 0 Å². The summed E-state index contributed by atoms with van der Waals surface area (Å²) in [5, 5.41) is 3.39. The number of rotatable bonds is 1. The van der Waals surface area contributed by atoms with E-state index >= 15 is 0 Å². The molecule has 0 spiro atoms. The van der Waals surface area contributed by atoms with E-state index in [1.165, 1.54) is 6.92 Å². The van der Waals surface area contributed by atoms with Crippen molar-refractivity contribution in [3.8, 4) is 0 Å². The first-order valence-corrected chi connectivity index (χ1v) is 2.31. The Labute approximate surface area is 63.1 Å². The zero-order valence-electron chi connectivity index (χ0n) is 5.26. The molecule has 0 saturated carbocycles. The highest BCUT2D eigenvalue weighted by Crippen LogP contribution is 1.78. The summed E-state index contributed by atoms with van der Waals surface area (Å²) in [6.07, 6.45) is 0. The minimum Gasteiger partial charge on any atom is -0.319 e. The fourth-order valence-corrected chi connectivity index (χ4v) is 0.156. The van der Waals surface area contributed by atoms with Crippen LogP contribution in [0.1, 0.15) is 35.6 Å². The molecule has 0 heterocycles. The van der Waals surface area contributed by atoms with Gasteiger partial charge in [-0.15, -0.1) is 0 Å². The fraction of sp³-hybridized carbons (Fsp3) is 0.714. The second-order valence-corrected chi connectivity index (χ2v) is 1.62. The van der Waals surface area contributed by atoms with Gasteiger partial charge in [0.2, 0.25) is 0 Å². The van der Waals surface area contributed by atoms with E-state index < -0.39 is 0 Å². The van der Waals surface area contributed by atoms with Crippen molar-refractivity contribution in [2.75, 3.05) is 0 Å². The Balaban J connectivity index is -0.000000245. The Bertz CT molecular complexity index is 115. The summed E-state index contributed by atoms with van der Waals surface area (Å²) >= 11 is 0. The van der Waals surface area contributed by atoms with Gasteiger partial charge in [-0.1, -0.05) is 20.0 Å². The summed E-state index contributed by atoms with van der Waals surface area (Å²) in [5.74, 6) is -0.383. The van der Waals surface area contributed by atoms with Gasteiger partial charge in [-0.05, 0) is 13.8 Å². The van der Waals surface area contributed by atoms with Gasteiger partial charge in [0.05, 0.1) is 5.71 Å². The second-order valence-electron chi connectivity index (χ2n) is 1.62. The SMILES string of the molecule is C.C.CC(=O)ON=C(C)C. The lowest BCUT2D eigenvalue weighted by Crippen LogP contribution is -1.93. The van der Waals surface area contributed by atoms with Crippen molar-refractivity contribution in [3.63, 3.8) is 0 Å². The summed E-state index contributed by atoms with van der Waals surface area (Å²) in [4.78, 5) is 14.3. The Hall–Kier alpha value is -0.860. The zero-order chi connectivity index (χ0) is 6.57. The number of carbonyl (C=O) groups is 1. The van der Waals surface area contributed by atoms with Crippen LogP contribution in [0, 0.1) is 0 Å². The van der Waals surface area contributed by atoms with E-state index in [1.54, 1.807) is 13.8 Å². The molecule has 0 aromatic carbocycles. The average molecular weight is 147 g/mol. The molecule has 0 unspecified atom stereocenters. The molecule has 0 aliphatic rings. The predicted molar refractivity (Wildman–Crippen MR) is 44.0 cm³/mol. The summed E-state index contributed by atoms with van der Waals surface area (Å²) < 4.78 is 0. The molecule has 0 aliphatic carbocycles. The van der Waals surface area contributed by atoms with Gasteiger partial charge in [0, 0.05) is 6.92 Å². The van der Waals surface area contributed by atoms with Crippen LogP contribution in [0.5, 0.6) is 0 Å². The van der Waals surface area contributed by atoms with E-state index in [9.17, 15) is 4.79 Å². The number of hydrogen-bond donors (Lipinski definition) is 0. The number of carbonyl (C=O) groups excluding carboxylic acids is 1. The molecule has 0 fully saturated rings. The largest absolute Gasteiger partial charge is 0.331 e. The maximum absolute atomic E-state index is 10.0. The molecule has 0 aliphatic heterocycles. The minimum absolute atomic E-state index is 0. The van der Waals surface area contributed by atoms with Crippen LogP contribution in [0.25, 0.3) is 0 Å². The molecule has 3 heteroatoms. The van der Waals surface area contributed by atoms with Crippen LogP contribution in [0.2, 0.25) is 0 Å². The van der Waals surface area contributed by atoms with Crippen LogP contribution >= 0.6 is 0 Å². The second kappa shape index (κ2) is 8.14. The van der Waals surface area contributed by atoms with Crippen LogP contribution in [-0.2, 0) is 9.63 Å². The smallest absolute Gasteiger partial charge is 0.319 e. The Morgan fingerprint density at radius 3 is 1.70 bits per heavy atom. The molecule has 0 radical (unpaired) electrons. The summed E-state index contributed by atoms with van der Waals surface area (Å²) in [7, 11) is 0. The van der Waals surface area contributed by atoms with Crippen molar-refractivity contribution in [1.29, 1.82) is 0 Å². The maximum Gasteiger partial charge on any atom is 0.331 e. The van der Waals surface area contributed by atoms with Crippen molar-refractivity contribution in [3.05, 3.63) is 0 Å². The van der Waals surface area contributed by atoms with Gasteiger partial charge in [0.1, 0.15) is 0 Å². The van der Waals surface area contributed by atoms with Gasteiger partial charge in [-0.25, -0.2) is 4.79 Å². The average Bonchev–Trinajstić information content (AvgIpc) is 1.61. The lowest BCUT2D eigenvalue weighted by molar-refractivity contribution is -0.140.